The van der Waals surface area contributed by atoms with Crippen molar-refractivity contribution in [2.24, 2.45) is 0 Å². The van der Waals surface area contributed by atoms with E-state index in [0.717, 1.165) is 30.8 Å². The van der Waals surface area contributed by atoms with Crippen molar-refractivity contribution in [3.8, 4) is 0 Å². The molecule has 3 rings (SSSR count). The quantitative estimate of drug-likeness (QED) is 0.663. The lowest BCUT2D eigenvalue weighted by Gasteiger charge is -2.19. The molecule has 0 aromatic carbocycles. The van der Waals surface area contributed by atoms with Gasteiger partial charge in [-0.15, -0.1) is 0 Å². The molecule has 0 saturated carbocycles. The molecule has 1 atom stereocenters. The van der Waals surface area contributed by atoms with E-state index in [4.69, 9.17) is 4.74 Å². The summed E-state index contributed by atoms with van der Waals surface area (Å²) in [5.41, 5.74) is 2.27. The van der Waals surface area contributed by atoms with Crippen molar-refractivity contribution in [2.45, 2.75) is 38.3 Å². The number of fused-ring (bicyclic) bond motifs is 1. The second-order valence-electron chi connectivity index (χ2n) is 4.26. The van der Waals surface area contributed by atoms with Gasteiger partial charge in [-0.3, -0.25) is 9.78 Å². The number of ether oxygens (including phenoxy) is 1. The van der Waals surface area contributed by atoms with Gasteiger partial charge in [0.05, 0.1) is 31.1 Å². The molecule has 4 nitrogen and oxygen atoms in total. The normalized spacial score (nSPS) is 23.6. The van der Waals surface area contributed by atoms with Crippen LogP contribution in [0.5, 0.6) is 0 Å². The molecule has 1 aliphatic carbocycles. The molecule has 2 aliphatic rings. The molecule has 0 N–H and O–H groups in total. The lowest BCUT2D eigenvalue weighted by Crippen LogP contribution is -2.29. The third-order valence-electron chi connectivity index (χ3n) is 3.12. The fraction of sp³-hybridized carbons (Fsp3) is 0.636. The van der Waals surface area contributed by atoms with Crippen LogP contribution in [0.3, 0.4) is 0 Å². The Hall–Kier alpha value is -1.16. The van der Waals surface area contributed by atoms with Gasteiger partial charge in [0, 0.05) is 5.69 Å². The van der Waals surface area contributed by atoms with Crippen molar-refractivity contribution in [1.82, 2.24) is 9.55 Å². The van der Waals surface area contributed by atoms with Crippen LogP contribution in [0.25, 0.3) is 0 Å². The van der Waals surface area contributed by atoms with Gasteiger partial charge < -0.3 is 9.30 Å². The molecule has 1 aromatic heterocycles. The van der Waals surface area contributed by atoms with E-state index in [9.17, 15) is 4.79 Å². The summed E-state index contributed by atoms with van der Waals surface area (Å²) < 4.78 is 7.04. The van der Waals surface area contributed by atoms with Crippen LogP contribution in [0.4, 0.5) is 0 Å². The van der Waals surface area contributed by atoms with Crippen molar-refractivity contribution >= 4 is 0 Å². The molecular weight excluding hydrogens is 192 g/mol. The van der Waals surface area contributed by atoms with E-state index in [-0.39, 0.29) is 11.7 Å². The van der Waals surface area contributed by atoms with Crippen molar-refractivity contribution in [1.29, 1.82) is 0 Å². The van der Waals surface area contributed by atoms with E-state index in [1.807, 2.05) is 4.57 Å². The molecule has 0 radical (unpaired) electrons. The zero-order valence-corrected chi connectivity index (χ0v) is 8.61. The van der Waals surface area contributed by atoms with Crippen molar-refractivity contribution in [3.63, 3.8) is 0 Å². The number of hydrogen-bond donors (Lipinski definition) is 0. The minimum absolute atomic E-state index is 0.0196. The lowest BCUT2D eigenvalue weighted by molar-refractivity contribution is 0.374. The summed E-state index contributed by atoms with van der Waals surface area (Å²) in [4.78, 5) is 15.9. The van der Waals surface area contributed by atoms with E-state index in [1.54, 1.807) is 0 Å². The molecule has 0 unspecified atom stereocenters. The van der Waals surface area contributed by atoms with Gasteiger partial charge in [-0.2, -0.15) is 0 Å². The third kappa shape index (κ3) is 1.69. The highest BCUT2D eigenvalue weighted by Gasteiger charge is 2.25. The number of aryl methyl sites for hydroxylation is 1. The molecule has 4 heteroatoms. The fourth-order valence-electron chi connectivity index (χ4n) is 2.22. The van der Waals surface area contributed by atoms with Gasteiger partial charge in [-0.25, -0.2) is 0 Å². The van der Waals surface area contributed by atoms with Crippen LogP contribution in [-0.4, -0.2) is 22.3 Å². The predicted octanol–water partition coefficient (Wildman–Crippen LogP) is 0.521. The average molecular weight is 206 g/mol. The minimum Gasteiger partial charge on any atom is -0.371 e. The first-order chi connectivity index (χ1) is 7.34. The molecular formula is C11H14N2O2. The van der Waals surface area contributed by atoms with Crippen LogP contribution in [0, 0.1) is 0 Å². The largest absolute Gasteiger partial charge is 0.371 e. The maximum absolute atomic E-state index is 11.7. The Labute approximate surface area is 87.9 Å². The van der Waals surface area contributed by atoms with E-state index >= 15 is 0 Å². The Morgan fingerprint density at radius 2 is 2.27 bits per heavy atom. The summed E-state index contributed by atoms with van der Waals surface area (Å²) in [6.45, 7) is 1.51. The van der Waals surface area contributed by atoms with Crippen LogP contribution >= 0.6 is 0 Å². The van der Waals surface area contributed by atoms with E-state index in [1.165, 1.54) is 19.0 Å². The summed E-state index contributed by atoms with van der Waals surface area (Å²) >= 11 is 0. The second-order valence-corrected chi connectivity index (χ2v) is 4.26. The van der Waals surface area contributed by atoms with Crippen molar-refractivity contribution in [2.75, 3.05) is 6.61 Å². The smallest absolute Gasteiger partial charge is 0.269 e. The van der Waals surface area contributed by atoms with Gasteiger partial charge >= 0.3 is 0 Å². The molecule has 0 amide bonds. The zero-order chi connectivity index (χ0) is 10.3. The molecule has 1 saturated heterocycles. The third-order valence-corrected chi connectivity index (χ3v) is 3.12. The summed E-state index contributed by atoms with van der Waals surface area (Å²) in [5.74, 6) is 0. The van der Waals surface area contributed by atoms with Crippen LogP contribution in [0.1, 0.15) is 24.2 Å². The highest BCUT2D eigenvalue weighted by molar-refractivity contribution is 5.16. The molecule has 2 heterocycles. The van der Waals surface area contributed by atoms with Gasteiger partial charge in [0.25, 0.3) is 5.56 Å². The molecule has 15 heavy (non-hydrogen) atoms. The first-order valence-corrected chi connectivity index (χ1v) is 5.54. The SMILES string of the molecule is O=c1cnc2c(n1C[C@@H]1CO1)CCCC2. The van der Waals surface area contributed by atoms with Crippen LogP contribution < -0.4 is 5.56 Å². The first kappa shape index (κ1) is 9.09. The number of rotatable bonds is 2. The van der Waals surface area contributed by atoms with Gasteiger partial charge in [0.2, 0.25) is 0 Å². The second kappa shape index (κ2) is 3.45. The fourth-order valence-corrected chi connectivity index (χ4v) is 2.22. The van der Waals surface area contributed by atoms with E-state index in [2.05, 4.69) is 4.98 Å². The maximum atomic E-state index is 11.7. The Kier molecular flexibility index (Phi) is 2.09. The van der Waals surface area contributed by atoms with E-state index in [0.29, 0.717) is 6.54 Å². The standard InChI is InChI=1S/C11H14N2O2/c14-11-5-12-9-3-1-2-4-10(9)13(11)6-8-7-15-8/h5,8H,1-4,6-7H2/t8-/m1/s1. The van der Waals surface area contributed by atoms with Crippen molar-refractivity contribution in [3.05, 3.63) is 27.9 Å². The monoisotopic (exact) mass is 206 g/mol. The molecule has 0 bridgehead atoms. The highest BCUT2D eigenvalue weighted by atomic mass is 16.6. The number of hydrogen-bond acceptors (Lipinski definition) is 3. The maximum Gasteiger partial charge on any atom is 0.269 e. The van der Waals surface area contributed by atoms with Crippen LogP contribution in [0.15, 0.2) is 11.0 Å². The number of nitrogens with zero attached hydrogens (tertiary/aromatic N) is 2. The summed E-state index contributed by atoms with van der Waals surface area (Å²) in [7, 11) is 0. The lowest BCUT2D eigenvalue weighted by atomic mass is 10.00. The summed E-state index contributed by atoms with van der Waals surface area (Å²) in [5, 5.41) is 0. The van der Waals surface area contributed by atoms with Crippen molar-refractivity contribution < 1.29 is 4.74 Å². The van der Waals surface area contributed by atoms with Gasteiger partial charge in [-0.05, 0) is 25.7 Å². The minimum atomic E-state index is 0.0196. The summed E-state index contributed by atoms with van der Waals surface area (Å²) in [6.07, 6.45) is 6.08. The Morgan fingerprint density at radius 1 is 1.47 bits per heavy atom. The molecule has 1 aliphatic heterocycles. The zero-order valence-electron chi connectivity index (χ0n) is 8.61. The number of epoxide rings is 1. The Balaban J connectivity index is 2.04. The van der Waals surface area contributed by atoms with Gasteiger partial charge in [0.15, 0.2) is 0 Å². The topological polar surface area (TPSA) is 47.4 Å². The molecule has 1 aromatic rings. The molecule has 1 fully saturated rings. The number of aromatic nitrogens is 2. The molecule has 0 spiro atoms. The van der Waals surface area contributed by atoms with Gasteiger partial charge in [0.1, 0.15) is 0 Å². The van der Waals surface area contributed by atoms with E-state index < -0.39 is 0 Å². The van der Waals surface area contributed by atoms with Crippen LogP contribution in [-0.2, 0) is 24.1 Å². The average Bonchev–Trinajstić information content (AvgIpc) is 3.06. The predicted molar refractivity (Wildman–Crippen MR) is 54.9 cm³/mol. The van der Waals surface area contributed by atoms with Gasteiger partial charge in [-0.1, -0.05) is 0 Å². The summed E-state index contributed by atoms with van der Waals surface area (Å²) in [6, 6.07) is 0. The first-order valence-electron chi connectivity index (χ1n) is 5.54. The van der Waals surface area contributed by atoms with Crippen LogP contribution in [0.2, 0.25) is 0 Å². The Morgan fingerprint density at radius 3 is 3.07 bits per heavy atom. The molecule has 80 valence electrons. The highest BCUT2D eigenvalue weighted by Crippen LogP contribution is 2.19. The Bertz CT molecular complexity index is 435.